The number of nitrogens with zero attached hydrogens (tertiary/aromatic N) is 1. The molecular weight excluding hydrogens is 250 g/mol. The van der Waals surface area contributed by atoms with Crippen LogP contribution in [0, 0.1) is 6.92 Å². The van der Waals surface area contributed by atoms with E-state index in [2.05, 4.69) is 5.16 Å². The number of carbonyl (C=O) groups is 1. The molecule has 0 radical (unpaired) electrons. The van der Waals surface area contributed by atoms with Crippen molar-refractivity contribution in [1.82, 2.24) is 5.16 Å². The van der Waals surface area contributed by atoms with Crippen LogP contribution in [-0.2, 0) is 25.6 Å². The number of aromatic nitrogens is 1. The van der Waals surface area contributed by atoms with Gasteiger partial charge in [-0.1, -0.05) is 5.16 Å². The quantitative estimate of drug-likeness (QED) is 0.731. The van der Waals surface area contributed by atoms with Gasteiger partial charge in [-0.15, -0.1) is 0 Å². The predicted octanol–water partition coefficient (Wildman–Crippen LogP) is 1.61. The van der Waals surface area contributed by atoms with Gasteiger partial charge in [-0.25, -0.2) is 4.79 Å². The van der Waals surface area contributed by atoms with Gasteiger partial charge in [-0.2, -0.15) is 0 Å². The number of aryl methyl sites for hydroxylation is 1. The lowest BCUT2D eigenvalue weighted by atomic mass is 10.2. The van der Waals surface area contributed by atoms with Crippen LogP contribution in [0.4, 0.5) is 0 Å². The summed E-state index contributed by atoms with van der Waals surface area (Å²) < 4.78 is 20.8. The van der Waals surface area contributed by atoms with Crippen LogP contribution >= 0.6 is 0 Å². The Bertz CT molecular complexity index is 411. The van der Waals surface area contributed by atoms with Crippen LogP contribution in [0.1, 0.15) is 31.2 Å². The standard InChI is InChI=1S/C13H19NO5/c1-9-6-11(14-19-9)7-18-13(15)10(2)17-8-12-4-3-5-16-12/h6,10,12H,3-5,7-8H2,1-2H3. The van der Waals surface area contributed by atoms with E-state index >= 15 is 0 Å². The molecule has 6 heteroatoms. The van der Waals surface area contributed by atoms with Crippen molar-refractivity contribution in [1.29, 1.82) is 0 Å². The minimum Gasteiger partial charge on any atom is -0.457 e. The number of hydrogen-bond acceptors (Lipinski definition) is 6. The Balaban J connectivity index is 1.66. The molecule has 0 amide bonds. The van der Waals surface area contributed by atoms with Crippen molar-refractivity contribution in [3.05, 3.63) is 17.5 Å². The summed E-state index contributed by atoms with van der Waals surface area (Å²) in [4.78, 5) is 11.7. The molecule has 106 valence electrons. The molecule has 1 aliphatic heterocycles. The number of hydrogen-bond donors (Lipinski definition) is 0. The maximum Gasteiger partial charge on any atom is 0.335 e. The molecule has 0 N–H and O–H groups in total. The molecule has 1 aliphatic rings. The molecule has 6 nitrogen and oxygen atoms in total. The van der Waals surface area contributed by atoms with Crippen LogP contribution in [0.25, 0.3) is 0 Å². The van der Waals surface area contributed by atoms with Gasteiger partial charge in [0.15, 0.2) is 6.10 Å². The first-order valence-corrected chi connectivity index (χ1v) is 6.47. The molecule has 1 fully saturated rings. The first-order valence-electron chi connectivity index (χ1n) is 6.47. The second kappa shape index (κ2) is 6.68. The van der Waals surface area contributed by atoms with Crippen LogP contribution in [0.15, 0.2) is 10.6 Å². The highest BCUT2D eigenvalue weighted by Crippen LogP contribution is 2.13. The van der Waals surface area contributed by atoms with Gasteiger partial charge in [-0.05, 0) is 26.7 Å². The zero-order valence-electron chi connectivity index (χ0n) is 11.3. The second-order valence-corrected chi connectivity index (χ2v) is 4.65. The Hall–Kier alpha value is -1.40. The molecular formula is C13H19NO5. The number of rotatable bonds is 6. The van der Waals surface area contributed by atoms with E-state index in [9.17, 15) is 4.79 Å². The van der Waals surface area contributed by atoms with Crippen molar-refractivity contribution in [2.45, 2.75) is 45.5 Å². The molecule has 19 heavy (non-hydrogen) atoms. The number of ether oxygens (including phenoxy) is 3. The summed E-state index contributed by atoms with van der Waals surface area (Å²) >= 11 is 0. The molecule has 2 heterocycles. The Labute approximate surface area is 112 Å². The smallest absolute Gasteiger partial charge is 0.335 e. The Morgan fingerprint density at radius 3 is 3.11 bits per heavy atom. The summed E-state index contributed by atoms with van der Waals surface area (Å²) in [6.07, 6.45) is 1.55. The van der Waals surface area contributed by atoms with Crippen LogP contribution in [0.5, 0.6) is 0 Å². The van der Waals surface area contributed by atoms with Gasteiger partial charge >= 0.3 is 5.97 Å². The van der Waals surface area contributed by atoms with Gasteiger partial charge < -0.3 is 18.7 Å². The van der Waals surface area contributed by atoms with E-state index < -0.39 is 12.1 Å². The predicted molar refractivity (Wildman–Crippen MR) is 65.4 cm³/mol. The van der Waals surface area contributed by atoms with Gasteiger partial charge in [0.25, 0.3) is 0 Å². The third-order valence-electron chi connectivity index (χ3n) is 2.93. The van der Waals surface area contributed by atoms with Gasteiger partial charge in [0.1, 0.15) is 18.1 Å². The highest BCUT2D eigenvalue weighted by molar-refractivity contribution is 5.74. The van der Waals surface area contributed by atoms with Crippen LogP contribution in [0.2, 0.25) is 0 Å². The molecule has 0 aromatic carbocycles. The monoisotopic (exact) mass is 269 g/mol. The molecule has 2 rings (SSSR count). The summed E-state index contributed by atoms with van der Waals surface area (Å²) in [5.74, 6) is 0.285. The van der Waals surface area contributed by atoms with E-state index in [-0.39, 0.29) is 12.7 Å². The molecule has 2 atom stereocenters. The van der Waals surface area contributed by atoms with E-state index in [0.717, 1.165) is 19.4 Å². The fourth-order valence-electron chi connectivity index (χ4n) is 1.84. The van der Waals surface area contributed by atoms with Crippen molar-refractivity contribution in [2.24, 2.45) is 0 Å². The average Bonchev–Trinajstić information content (AvgIpc) is 3.04. The third kappa shape index (κ3) is 4.33. The summed E-state index contributed by atoms with van der Waals surface area (Å²) in [5, 5.41) is 3.74. The highest BCUT2D eigenvalue weighted by atomic mass is 16.6. The first-order chi connectivity index (χ1) is 9.15. The largest absolute Gasteiger partial charge is 0.457 e. The highest BCUT2D eigenvalue weighted by Gasteiger charge is 2.21. The van der Waals surface area contributed by atoms with E-state index in [4.69, 9.17) is 18.7 Å². The Kier molecular flexibility index (Phi) is 4.93. The maximum absolute atomic E-state index is 11.7. The fourth-order valence-corrected chi connectivity index (χ4v) is 1.84. The summed E-state index contributed by atoms with van der Waals surface area (Å²) in [5.41, 5.74) is 0.595. The summed E-state index contributed by atoms with van der Waals surface area (Å²) in [6, 6.07) is 1.73. The zero-order chi connectivity index (χ0) is 13.7. The number of esters is 1. The molecule has 1 saturated heterocycles. The topological polar surface area (TPSA) is 70.8 Å². The van der Waals surface area contributed by atoms with E-state index in [1.54, 1.807) is 19.9 Å². The Morgan fingerprint density at radius 2 is 2.47 bits per heavy atom. The lowest BCUT2D eigenvalue weighted by molar-refractivity contribution is -0.159. The van der Waals surface area contributed by atoms with Gasteiger partial charge in [-0.3, -0.25) is 0 Å². The van der Waals surface area contributed by atoms with E-state index in [0.29, 0.717) is 18.1 Å². The number of carbonyl (C=O) groups excluding carboxylic acids is 1. The minimum atomic E-state index is -0.600. The van der Waals surface area contributed by atoms with Crippen molar-refractivity contribution >= 4 is 5.97 Å². The van der Waals surface area contributed by atoms with Crippen molar-refractivity contribution in [2.75, 3.05) is 13.2 Å². The van der Waals surface area contributed by atoms with Gasteiger partial charge in [0, 0.05) is 12.7 Å². The fraction of sp³-hybridized carbons (Fsp3) is 0.692. The SMILES string of the molecule is Cc1cc(COC(=O)C(C)OCC2CCCO2)no1. The lowest BCUT2D eigenvalue weighted by Crippen LogP contribution is -2.27. The maximum atomic E-state index is 11.7. The first kappa shape index (κ1) is 14.0. The molecule has 1 aromatic heterocycles. The molecule has 0 saturated carbocycles. The molecule has 1 aromatic rings. The molecule has 0 aliphatic carbocycles. The van der Waals surface area contributed by atoms with Crippen LogP contribution in [-0.4, -0.2) is 36.5 Å². The normalized spacial score (nSPS) is 20.4. The molecule has 0 spiro atoms. The van der Waals surface area contributed by atoms with E-state index in [1.165, 1.54) is 0 Å². The second-order valence-electron chi connectivity index (χ2n) is 4.65. The van der Waals surface area contributed by atoms with Gasteiger partial charge in [0.2, 0.25) is 0 Å². The average molecular weight is 269 g/mol. The summed E-state index contributed by atoms with van der Waals surface area (Å²) in [7, 11) is 0. The summed E-state index contributed by atoms with van der Waals surface area (Å²) in [6.45, 7) is 4.76. The van der Waals surface area contributed by atoms with Crippen molar-refractivity contribution < 1.29 is 23.5 Å². The molecule has 2 unspecified atom stereocenters. The third-order valence-corrected chi connectivity index (χ3v) is 2.93. The molecule has 0 bridgehead atoms. The van der Waals surface area contributed by atoms with Crippen molar-refractivity contribution in [3.8, 4) is 0 Å². The van der Waals surface area contributed by atoms with Gasteiger partial charge in [0.05, 0.1) is 12.7 Å². The Morgan fingerprint density at radius 1 is 1.63 bits per heavy atom. The zero-order valence-corrected chi connectivity index (χ0v) is 11.3. The lowest BCUT2D eigenvalue weighted by Gasteiger charge is -2.15. The minimum absolute atomic E-state index is 0.101. The van der Waals surface area contributed by atoms with Crippen LogP contribution in [0.3, 0.4) is 0 Å². The van der Waals surface area contributed by atoms with Crippen LogP contribution < -0.4 is 0 Å². The van der Waals surface area contributed by atoms with Crippen molar-refractivity contribution in [3.63, 3.8) is 0 Å². The van der Waals surface area contributed by atoms with E-state index in [1.807, 2.05) is 0 Å².